The third kappa shape index (κ3) is 8.97. The fourth-order valence-corrected chi connectivity index (χ4v) is 6.12. The number of nitrogen functional groups attached to an aromatic ring is 1. The quantitative estimate of drug-likeness (QED) is 0.0997. The Bertz CT molecular complexity index is 1150. The van der Waals surface area contributed by atoms with Gasteiger partial charge in [-0.25, -0.2) is 14.4 Å². The molecule has 2 rings (SSSR count). The second-order valence-corrected chi connectivity index (χ2v) is 14.0. The lowest BCUT2D eigenvalue weighted by Gasteiger charge is -2.26. The Morgan fingerprint density at radius 2 is 2.02 bits per heavy atom. The number of alkyl halides is 1. The molecule has 14 nitrogen and oxygen atoms in total. The summed E-state index contributed by atoms with van der Waals surface area (Å²) in [7, 11) is -4.27. The van der Waals surface area contributed by atoms with Crippen LogP contribution >= 0.6 is 31.1 Å². The van der Waals surface area contributed by atoms with Gasteiger partial charge in [-0.05, 0) is 47.6 Å². The van der Waals surface area contributed by atoms with E-state index in [0.717, 1.165) is 16.3 Å². The van der Waals surface area contributed by atoms with Gasteiger partial charge in [-0.2, -0.15) is 4.98 Å². The Morgan fingerprint density at radius 3 is 2.60 bits per heavy atom. The average Bonchev–Trinajstić information content (AvgIpc) is 3.08. The smallest absolute Gasteiger partial charge is 0.406 e. The third-order valence-electron chi connectivity index (χ3n) is 5.81. The summed E-state index contributed by atoms with van der Waals surface area (Å²) in [5.74, 6) is -0.651. The second-order valence-electron chi connectivity index (χ2n) is 10.3. The molecule has 0 amide bonds. The molecule has 0 spiro atoms. The van der Waals surface area contributed by atoms with Crippen molar-refractivity contribution in [2.45, 2.75) is 77.0 Å². The highest BCUT2D eigenvalue weighted by Crippen LogP contribution is 2.48. The first-order valence-electron chi connectivity index (χ1n) is 12.5. The number of aliphatic hydroxyl groups excluding tert-OH is 2. The number of halogens is 1. The van der Waals surface area contributed by atoms with Crippen LogP contribution in [0, 0.1) is 5.41 Å². The Balaban J connectivity index is 2.16. The molecule has 1 unspecified atom stereocenters. The fraction of sp³-hybridized carbons (Fsp3) is 0.739. The Morgan fingerprint density at radius 1 is 1.38 bits per heavy atom. The Kier molecular flexibility index (Phi) is 12.2. The van der Waals surface area contributed by atoms with Crippen molar-refractivity contribution in [3.63, 3.8) is 0 Å². The van der Waals surface area contributed by atoms with Crippen LogP contribution in [0.3, 0.4) is 0 Å². The van der Waals surface area contributed by atoms with Crippen molar-refractivity contribution in [1.29, 1.82) is 0 Å². The summed E-state index contributed by atoms with van der Waals surface area (Å²) in [5, 5.41) is 22.4. The Hall–Kier alpha value is -1.55. The predicted molar refractivity (Wildman–Crippen MR) is 149 cm³/mol. The molecule has 1 aliphatic rings. The monoisotopic (exact) mass is 628 g/mol. The molecular weight excluding hydrogens is 591 g/mol. The minimum atomic E-state index is -4.27. The van der Waals surface area contributed by atoms with Gasteiger partial charge >= 0.3 is 19.4 Å². The first-order chi connectivity index (χ1) is 18.4. The molecule has 1 saturated heterocycles. The van der Waals surface area contributed by atoms with Gasteiger partial charge in [0.1, 0.15) is 28.9 Å². The molecule has 17 heteroatoms. The number of aliphatic hydroxyl groups is 2. The topological polar surface area (TPSA) is 202 Å². The molecule has 0 bridgehead atoms. The number of rotatable bonds is 14. The van der Waals surface area contributed by atoms with Crippen LogP contribution < -0.4 is 16.5 Å². The van der Waals surface area contributed by atoms with Gasteiger partial charge < -0.3 is 25.4 Å². The van der Waals surface area contributed by atoms with Crippen LogP contribution in [0.15, 0.2) is 17.1 Å². The van der Waals surface area contributed by atoms with E-state index in [1.165, 1.54) is 26.1 Å². The number of nitrogens with zero attached hydrogens (tertiary/aromatic N) is 2. The molecule has 1 aliphatic heterocycles. The lowest BCUT2D eigenvalue weighted by molar-refractivity contribution is -0.149. The van der Waals surface area contributed by atoms with E-state index in [9.17, 15) is 29.2 Å². The van der Waals surface area contributed by atoms with Gasteiger partial charge in [0.05, 0.1) is 31.3 Å². The molecular formula is C23H38ClN4O10PS. The van der Waals surface area contributed by atoms with Crippen LogP contribution in [0.2, 0.25) is 0 Å². The molecule has 5 N–H and O–H groups in total. The van der Waals surface area contributed by atoms with Crippen molar-refractivity contribution >= 4 is 48.0 Å². The largest absolute Gasteiger partial charge is 0.462 e. The van der Waals surface area contributed by atoms with Crippen LogP contribution in [0.1, 0.15) is 47.8 Å². The number of esters is 1. The summed E-state index contributed by atoms with van der Waals surface area (Å²) in [6.07, 6.45) is -2.85. The number of thioether (sulfide) groups is 1. The van der Waals surface area contributed by atoms with Gasteiger partial charge in [0.25, 0.3) is 0 Å². The standard InChI is InChI=1S/C23H38ClN4O10PS/c1-13(2)37-18(31)14(3)27-39(34,35-9-10-40-20(32)22(4,5)12-29)36-11-15-17(30)23(6,24)19(38-15)28-8-7-16(25)26-21(28)33/h7-8,13-15,17,19,29-30H,9-12H2,1-6H3,(H,27,34)(H2,25,26,33)/t14-,15+,17+,19+,23+,39?/m0/s1. The zero-order valence-corrected chi connectivity index (χ0v) is 25.7. The van der Waals surface area contributed by atoms with Gasteiger partial charge in [0.2, 0.25) is 0 Å². The van der Waals surface area contributed by atoms with Crippen molar-refractivity contribution in [3.8, 4) is 0 Å². The lowest BCUT2D eigenvalue weighted by Crippen LogP contribution is -2.42. The summed E-state index contributed by atoms with van der Waals surface area (Å²) in [6.45, 7) is 8.23. The normalized spacial score (nSPS) is 25.5. The van der Waals surface area contributed by atoms with Gasteiger partial charge in [0.15, 0.2) is 11.3 Å². The van der Waals surface area contributed by atoms with Crippen LogP contribution in [0.4, 0.5) is 5.82 Å². The van der Waals surface area contributed by atoms with Gasteiger partial charge in [-0.15, -0.1) is 11.6 Å². The van der Waals surface area contributed by atoms with Crippen LogP contribution in [-0.2, 0) is 32.7 Å². The number of ether oxygens (including phenoxy) is 2. The Labute approximate surface area is 241 Å². The molecule has 0 aliphatic carbocycles. The molecule has 2 heterocycles. The van der Waals surface area contributed by atoms with Gasteiger partial charge in [-0.1, -0.05) is 11.8 Å². The fourth-order valence-electron chi connectivity index (χ4n) is 3.41. The number of hydrogen-bond acceptors (Lipinski definition) is 13. The van der Waals surface area contributed by atoms with E-state index in [1.807, 2.05) is 0 Å². The van der Waals surface area contributed by atoms with E-state index >= 15 is 0 Å². The highest BCUT2D eigenvalue weighted by atomic mass is 35.5. The minimum absolute atomic E-state index is 0.00924. The van der Waals surface area contributed by atoms with Crippen LogP contribution in [0.5, 0.6) is 0 Å². The van der Waals surface area contributed by atoms with Gasteiger partial charge in [0, 0.05) is 11.9 Å². The number of aromatic nitrogens is 2. The maximum absolute atomic E-state index is 13.6. The first kappa shape index (κ1) is 34.7. The molecule has 0 aromatic carbocycles. The van der Waals surface area contributed by atoms with Crippen LogP contribution in [0.25, 0.3) is 0 Å². The van der Waals surface area contributed by atoms with E-state index < -0.39 is 66.9 Å². The molecule has 40 heavy (non-hydrogen) atoms. The number of carbonyl (C=O) groups is 2. The third-order valence-corrected chi connectivity index (χ3v) is 9.12. The number of nitrogens with two attached hydrogens (primary N) is 1. The molecule has 1 aromatic heterocycles. The maximum atomic E-state index is 13.6. The van der Waals surface area contributed by atoms with Crippen molar-refractivity contribution < 1.29 is 42.9 Å². The van der Waals surface area contributed by atoms with E-state index in [4.69, 9.17) is 35.9 Å². The number of nitrogens with one attached hydrogen (secondary N) is 1. The molecule has 228 valence electrons. The van der Waals surface area contributed by atoms with Crippen molar-refractivity contribution in [2.24, 2.45) is 5.41 Å². The molecule has 0 saturated carbocycles. The maximum Gasteiger partial charge on any atom is 0.406 e. The summed E-state index contributed by atoms with van der Waals surface area (Å²) in [5.41, 5.74) is 3.82. The SMILES string of the molecule is CC(C)OC(=O)[C@H](C)NP(=O)(OCCSC(=O)C(C)(C)CO)OC[C@H]1O[C@@H](n2ccc(N)nc2=O)[C@](C)(Cl)[C@@H]1O. The summed E-state index contributed by atoms with van der Waals surface area (Å²) < 4.78 is 36.7. The zero-order chi connectivity index (χ0) is 30.5. The number of carbonyl (C=O) groups excluding carboxylic acids is 2. The zero-order valence-electron chi connectivity index (χ0n) is 23.2. The van der Waals surface area contributed by atoms with E-state index in [1.54, 1.807) is 27.7 Å². The van der Waals surface area contributed by atoms with Crippen molar-refractivity contribution in [2.75, 3.05) is 31.3 Å². The first-order valence-corrected chi connectivity index (χ1v) is 15.4. The lowest BCUT2D eigenvalue weighted by atomic mass is 9.97. The minimum Gasteiger partial charge on any atom is -0.462 e. The van der Waals surface area contributed by atoms with E-state index in [2.05, 4.69) is 10.1 Å². The summed E-state index contributed by atoms with van der Waals surface area (Å²) >= 11 is 7.43. The van der Waals surface area contributed by atoms with E-state index in [0.29, 0.717) is 0 Å². The van der Waals surface area contributed by atoms with E-state index in [-0.39, 0.29) is 29.9 Å². The highest BCUT2D eigenvalue weighted by molar-refractivity contribution is 8.13. The molecule has 1 fully saturated rings. The van der Waals surface area contributed by atoms with Crippen molar-refractivity contribution in [3.05, 3.63) is 22.7 Å². The number of anilines is 1. The summed E-state index contributed by atoms with van der Waals surface area (Å²) in [4.78, 5) is 39.1. The molecule has 1 aromatic rings. The number of hydrogen-bond donors (Lipinski definition) is 4. The highest BCUT2D eigenvalue weighted by Gasteiger charge is 2.54. The summed E-state index contributed by atoms with van der Waals surface area (Å²) in [6, 6.07) is 0.248. The van der Waals surface area contributed by atoms with Crippen LogP contribution in [-0.4, -0.2) is 85.7 Å². The van der Waals surface area contributed by atoms with Crippen molar-refractivity contribution in [1.82, 2.24) is 14.6 Å². The average molecular weight is 629 g/mol. The molecule has 6 atom stereocenters. The molecule has 0 radical (unpaired) electrons. The van der Waals surface area contributed by atoms with Gasteiger partial charge in [-0.3, -0.25) is 23.2 Å². The second kappa shape index (κ2) is 14.1. The predicted octanol–water partition coefficient (Wildman–Crippen LogP) is 1.43.